The number of benzene rings is 2. The van der Waals surface area contributed by atoms with Gasteiger partial charge >= 0.3 is 5.91 Å². The van der Waals surface area contributed by atoms with Gasteiger partial charge in [0.2, 0.25) is 0 Å². The molecule has 1 fully saturated rings. The fourth-order valence-electron chi connectivity index (χ4n) is 3.54. The molecule has 4 rings (SSSR count). The molecule has 5 nitrogen and oxygen atoms in total. The molecule has 2 aromatic rings. The van der Waals surface area contributed by atoms with E-state index in [-0.39, 0.29) is 0 Å². The predicted molar refractivity (Wildman–Crippen MR) is 104 cm³/mol. The van der Waals surface area contributed by atoms with Gasteiger partial charge in [0.05, 0.1) is 17.9 Å². The second-order valence-electron chi connectivity index (χ2n) is 6.78. The second kappa shape index (κ2) is 7.23. The average Bonchev–Trinajstić information content (AvgIpc) is 2.90. The Morgan fingerprint density at radius 3 is 2.23 bits per heavy atom. The summed E-state index contributed by atoms with van der Waals surface area (Å²) in [4.78, 5) is 31.6. The molecule has 0 spiro atoms. The molecule has 134 valence electrons. The van der Waals surface area contributed by atoms with Crippen LogP contribution < -0.4 is 4.90 Å². The van der Waals surface area contributed by atoms with Gasteiger partial charge in [0.1, 0.15) is 0 Å². The minimum Gasteiger partial charge on any atom is -0.297 e. The first-order valence-corrected chi connectivity index (χ1v) is 9.24. The molecule has 6 heteroatoms. The molecule has 0 aromatic heterocycles. The number of carbonyl (C=O) groups excluding carboxylic acids is 2. The van der Waals surface area contributed by atoms with Crippen LogP contribution in [0, 0.1) is 0 Å². The van der Waals surface area contributed by atoms with Crippen LogP contribution in [0.25, 0.3) is 0 Å². The molecule has 0 bridgehead atoms. The van der Waals surface area contributed by atoms with E-state index in [1.165, 1.54) is 5.56 Å². The van der Waals surface area contributed by atoms with Crippen molar-refractivity contribution in [1.29, 1.82) is 0 Å². The molecule has 0 aliphatic carbocycles. The SMILES string of the molecule is O=C1C(=O)N(CN2CCN(Cc3ccc(S)cc3)CC2)c2ccccc21. The van der Waals surface area contributed by atoms with Gasteiger partial charge in [-0.05, 0) is 29.8 Å². The number of rotatable bonds is 4. The van der Waals surface area contributed by atoms with Crippen molar-refractivity contribution in [3.8, 4) is 0 Å². The topological polar surface area (TPSA) is 43.9 Å². The van der Waals surface area contributed by atoms with Gasteiger partial charge in [-0.3, -0.25) is 24.3 Å². The van der Waals surface area contributed by atoms with Crippen LogP contribution in [-0.2, 0) is 11.3 Å². The first kappa shape index (κ1) is 17.3. The third kappa shape index (κ3) is 3.40. The first-order valence-electron chi connectivity index (χ1n) is 8.79. The number of nitrogens with zero attached hydrogens (tertiary/aromatic N) is 3. The van der Waals surface area contributed by atoms with Gasteiger partial charge in [-0.1, -0.05) is 24.3 Å². The lowest BCUT2D eigenvalue weighted by Gasteiger charge is -2.36. The normalized spacial score (nSPS) is 18.4. The molecule has 2 aromatic carbocycles. The van der Waals surface area contributed by atoms with E-state index in [9.17, 15) is 9.59 Å². The number of thiol groups is 1. The number of Topliss-reactive ketones (excluding diaryl/α,β-unsaturated/α-hetero) is 1. The summed E-state index contributed by atoms with van der Waals surface area (Å²) in [6, 6.07) is 15.5. The molecule has 2 aliphatic heterocycles. The van der Waals surface area contributed by atoms with Crippen LogP contribution in [0.1, 0.15) is 15.9 Å². The molecule has 0 saturated carbocycles. The van der Waals surface area contributed by atoms with Crippen molar-refractivity contribution in [2.45, 2.75) is 11.4 Å². The van der Waals surface area contributed by atoms with E-state index in [1.54, 1.807) is 17.0 Å². The number of piperazine rings is 1. The molecular weight excluding hydrogens is 346 g/mol. The molecule has 1 saturated heterocycles. The maximum Gasteiger partial charge on any atom is 0.300 e. The number of fused-ring (bicyclic) bond motifs is 1. The molecule has 0 unspecified atom stereocenters. The van der Waals surface area contributed by atoms with Gasteiger partial charge in [0.15, 0.2) is 0 Å². The number of hydrogen-bond acceptors (Lipinski definition) is 5. The largest absolute Gasteiger partial charge is 0.300 e. The lowest BCUT2D eigenvalue weighted by atomic mass is 10.1. The molecule has 26 heavy (non-hydrogen) atoms. The Kier molecular flexibility index (Phi) is 4.80. The van der Waals surface area contributed by atoms with Crippen molar-refractivity contribution < 1.29 is 9.59 Å². The first-order chi connectivity index (χ1) is 12.6. The van der Waals surface area contributed by atoms with E-state index in [4.69, 9.17) is 0 Å². The smallest absolute Gasteiger partial charge is 0.297 e. The summed E-state index contributed by atoms with van der Waals surface area (Å²) in [6.45, 7) is 5.05. The molecule has 2 aliphatic rings. The maximum atomic E-state index is 12.3. The van der Waals surface area contributed by atoms with Gasteiger partial charge in [-0.15, -0.1) is 12.6 Å². The third-order valence-electron chi connectivity index (χ3n) is 5.03. The highest BCUT2D eigenvalue weighted by Crippen LogP contribution is 2.28. The van der Waals surface area contributed by atoms with E-state index in [2.05, 4.69) is 34.6 Å². The van der Waals surface area contributed by atoms with E-state index in [0.29, 0.717) is 12.2 Å². The summed E-state index contributed by atoms with van der Waals surface area (Å²) in [5.74, 6) is -0.813. The lowest BCUT2D eigenvalue weighted by Crippen LogP contribution is -2.50. The van der Waals surface area contributed by atoms with Gasteiger partial charge in [0, 0.05) is 37.6 Å². The van der Waals surface area contributed by atoms with Crippen LogP contribution in [0.3, 0.4) is 0 Å². The van der Waals surface area contributed by atoms with Gasteiger partial charge in [0.25, 0.3) is 5.78 Å². The minimum absolute atomic E-state index is 0.396. The summed E-state index contributed by atoms with van der Waals surface area (Å²) < 4.78 is 0. The van der Waals surface area contributed by atoms with Crippen molar-refractivity contribution in [3.63, 3.8) is 0 Å². The standard InChI is InChI=1S/C20H21N3O2S/c24-19-17-3-1-2-4-18(17)23(20(19)25)14-22-11-9-21(10-12-22)13-15-5-7-16(26)8-6-15/h1-8,26H,9-14H2. The highest BCUT2D eigenvalue weighted by molar-refractivity contribution is 7.80. The molecule has 0 N–H and O–H groups in total. The van der Waals surface area contributed by atoms with Crippen LogP contribution in [0.4, 0.5) is 5.69 Å². The monoisotopic (exact) mass is 367 g/mol. The second-order valence-corrected chi connectivity index (χ2v) is 7.30. The van der Waals surface area contributed by atoms with Crippen molar-refractivity contribution in [1.82, 2.24) is 9.80 Å². The highest BCUT2D eigenvalue weighted by atomic mass is 32.1. The number of para-hydroxylation sites is 1. The quantitative estimate of drug-likeness (QED) is 0.665. The van der Waals surface area contributed by atoms with Crippen molar-refractivity contribution in [2.24, 2.45) is 0 Å². The summed E-state index contributed by atoms with van der Waals surface area (Å²) in [7, 11) is 0. The van der Waals surface area contributed by atoms with Crippen LogP contribution in [0.5, 0.6) is 0 Å². The van der Waals surface area contributed by atoms with Crippen LogP contribution in [0.15, 0.2) is 53.4 Å². The Balaban J connectivity index is 1.35. The molecular formula is C20H21N3O2S. The number of hydrogen-bond donors (Lipinski definition) is 1. The number of amides is 1. The zero-order chi connectivity index (χ0) is 18.1. The Labute approximate surface area is 158 Å². The van der Waals surface area contributed by atoms with Crippen LogP contribution in [-0.4, -0.2) is 54.3 Å². The van der Waals surface area contributed by atoms with E-state index >= 15 is 0 Å². The number of carbonyl (C=O) groups is 2. The molecule has 0 radical (unpaired) electrons. The maximum absolute atomic E-state index is 12.3. The van der Waals surface area contributed by atoms with Gasteiger partial charge < -0.3 is 0 Å². The third-order valence-corrected chi connectivity index (χ3v) is 5.33. The Bertz CT molecular complexity index is 829. The summed E-state index contributed by atoms with van der Waals surface area (Å²) >= 11 is 4.32. The van der Waals surface area contributed by atoms with Crippen LogP contribution in [0.2, 0.25) is 0 Å². The Hall–Kier alpha value is -2.15. The van der Waals surface area contributed by atoms with E-state index in [1.807, 2.05) is 24.3 Å². The Morgan fingerprint density at radius 1 is 0.846 bits per heavy atom. The molecule has 2 heterocycles. The fraction of sp³-hybridized carbons (Fsp3) is 0.300. The fourth-order valence-corrected chi connectivity index (χ4v) is 3.69. The number of ketones is 1. The predicted octanol–water partition coefficient (Wildman–Crippen LogP) is 2.28. The van der Waals surface area contributed by atoms with Crippen molar-refractivity contribution in [2.75, 3.05) is 37.7 Å². The van der Waals surface area contributed by atoms with Crippen molar-refractivity contribution >= 4 is 30.0 Å². The van der Waals surface area contributed by atoms with Gasteiger partial charge in [-0.2, -0.15) is 0 Å². The molecule has 0 atom stereocenters. The number of anilines is 1. The van der Waals surface area contributed by atoms with E-state index < -0.39 is 11.7 Å². The zero-order valence-electron chi connectivity index (χ0n) is 14.5. The molecule has 1 amide bonds. The van der Waals surface area contributed by atoms with Gasteiger partial charge in [-0.25, -0.2) is 0 Å². The minimum atomic E-state index is -0.416. The van der Waals surface area contributed by atoms with E-state index in [0.717, 1.165) is 43.3 Å². The summed E-state index contributed by atoms with van der Waals surface area (Å²) in [6.07, 6.45) is 0. The lowest BCUT2D eigenvalue weighted by molar-refractivity contribution is -0.114. The highest BCUT2D eigenvalue weighted by Gasteiger charge is 2.36. The summed E-state index contributed by atoms with van der Waals surface area (Å²) in [5, 5.41) is 0. The zero-order valence-corrected chi connectivity index (χ0v) is 15.4. The Morgan fingerprint density at radius 2 is 1.50 bits per heavy atom. The average molecular weight is 367 g/mol. The van der Waals surface area contributed by atoms with Crippen LogP contribution >= 0.6 is 12.6 Å². The van der Waals surface area contributed by atoms with Crippen molar-refractivity contribution in [3.05, 3.63) is 59.7 Å². The summed E-state index contributed by atoms with van der Waals surface area (Å²) in [5.41, 5.74) is 2.53.